The molecule has 0 aliphatic carbocycles. The molecule has 0 aromatic heterocycles. The zero-order valence-corrected chi connectivity index (χ0v) is 10.6. The monoisotopic (exact) mass is 253 g/mol. The molecule has 2 rings (SSSR count). The summed E-state index contributed by atoms with van der Waals surface area (Å²) in [5.41, 5.74) is 0.619. The average molecular weight is 254 g/mol. The van der Waals surface area contributed by atoms with Crippen molar-refractivity contribution >= 4 is 17.4 Å². The number of carbonyl (C=O) groups excluding carboxylic acids is 1. The number of carbonyl (C=O) groups is 1. The Morgan fingerprint density at radius 2 is 2.24 bits per heavy atom. The van der Waals surface area contributed by atoms with Gasteiger partial charge in [-0.05, 0) is 37.6 Å². The first-order valence-electron chi connectivity index (χ1n) is 5.83. The Labute approximate surface area is 106 Å². The molecule has 1 fully saturated rings. The summed E-state index contributed by atoms with van der Waals surface area (Å²) in [6.45, 7) is 0.911. The number of benzene rings is 1. The molecule has 1 aromatic rings. The van der Waals surface area contributed by atoms with Gasteiger partial charge in [0.1, 0.15) is 5.75 Å². The van der Waals surface area contributed by atoms with Crippen molar-refractivity contribution in [1.29, 1.82) is 0 Å². The van der Waals surface area contributed by atoms with Crippen LogP contribution in [0.3, 0.4) is 0 Å². The topological polar surface area (TPSA) is 38.3 Å². The van der Waals surface area contributed by atoms with Crippen molar-refractivity contribution in [1.82, 2.24) is 5.32 Å². The van der Waals surface area contributed by atoms with E-state index < -0.39 is 0 Å². The number of hydrogen-bond donors (Lipinski definition) is 1. The number of rotatable bonds is 3. The first kappa shape index (κ1) is 12.4. The maximum absolute atomic E-state index is 12.2. The average Bonchev–Trinajstić information content (AvgIpc) is 2.38. The van der Waals surface area contributed by atoms with Crippen LogP contribution in [-0.2, 0) is 0 Å². The van der Waals surface area contributed by atoms with E-state index in [0.717, 1.165) is 25.8 Å². The lowest BCUT2D eigenvalue weighted by atomic mass is 9.96. The van der Waals surface area contributed by atoms with E-state index in [4.69, 9.17) is 16.3 Å². The van der Waals surface area contributed by atoms with Gasteiger partial charge in [0, 0.05) is 10.6 Å². The Morgan fingerprint density at radius 3 is 2.88 bits per heavy atom. The molecule has 0 spiro atoms. The number of piperidine rings is 1. The van der Waals surface area contributed by atoms with E-state index in [1.165, 1.54) is 0 Å². The van der Waals surface area contributed by atoms with E-state index in [1.807, 2.05) is 0 Å². The maximum atomic E-state index is 12.2. The lowest BCUT2D eigenvalue weighted by Gasteiger charge is -2.22. The smallest absolute Gasteiger partial charge is 0.179 e. The highest BCUT2D eigenvalue weighted by Crippen LogP contribution is 2.23. The molecule has 0 bridgehead atoms. The third-order valence-corrected chi connectivity index (χ3v) is 3.24. The SMILES string of the molecule is COc1cc(Cl)cc(C(=O)[C@H]2CCCCN2)c1. The third-order valence-electron chi connectivity index (χ3n) is 3.02. The second kappa shape index (κ2) is 5.52. The van der Waals surface area contributed by atoms with Crippen LogP contribution in [0.5, 0.6) is 5.75 Å². The highest BCUT2D eigenvalue weighted by atomic mass is 35.5. The number of nitrogens with one attached hydrogen (secondary N) is 1. The normalized spacial score (nSPS) is 20.0. The minimum absolute atomic E-state index is 0.0769. The number of ether oxygens (including phenoxy) is 1. The molecule has 0 amide bonds. The largest absolute Gasteiger partial charge is 0.497 e. The Balaban J connectivity index is 2.20. The summed E-state index contributed by atoms with van der Waals surface area (Å²) in [4.78, 5) is 12.2. The molecule has 3 nitrogen and oxygen atoms in total. The van der Waals surface area contributed by atoms with Crippen LogP contribution in [0.4, 0.5) is 0 Å². The summed E-state index contributed by atoms with van der Waals surface area (Å²) < 4.78 is 5.12. The van der Waals surface area contributed by atoms with E-state index >= 15 is 0 Å². The summed E-state index contributed by atoms with van der Waals surface area (Å²) in [7, 11) is 1.57. The summed E-state index contributed by atoms with van der Waals surface area (Å²) in [6, 6.07) is 5.06. The van der Waals surface area contributed by atoms with Gasteiger partial charge >= 0.3 is 0 Å². The van der Waals surface area contributed by atoms with E-state index in [9.17, 15) is 4.79 Å². The van der Waals surface area contributed by atoms with Crippen molar-refractivity contribution < 1.29 is 9.53 Å². The summed E-state index contributed by atoms with van der Waals surface area (Å²) in [5, 5.41) is 3.77. The number of Topliss-reactive ketones (excluding diaryl/α,β-unsaturated/α-hetero) is 1. The minimum atomic E-state index is -0.0769. The van der Waals surface area contributed by atoms with Crippen LogP contribution in [-0.4, -0.2) is 25.5 Å². The lowest BCUT2D eigenvalue weighted by molar-refractivity contribution is 0.0927. The van der Waals surface area contributed by atoms with Crippen LogP contribution < -0.4 is 10.1 Å². The van der Waals surface area contributed by atoms with Gasteiger partial charge in [0.05, 0.1) is 13.2 Å². The van der Waals surface area contributed by atoms with Crippen LogP contribution in [0.2, 0.25) is 5.02 Å². The molecule has 1 N–H and O–H groups in total. The number of ketones is 1. The highest BCUT2D eigenvalue weighted by molar-refractivity contribution is 6.31. The van der Waals surface area contributed by atoms with Crippen LogP contribution in [0, 0.1) is 0 Å². The molecule has 1 aliphatic rings. The van der Waals surface area contributed by atoms with Crippen LogP contribution >= 0.6 is 11.6 Å². The van der Waals surface area contributed by atoms with E-state index in [2.05, 4.69) is 5.32 Å². The molecule has 0 unspecified atom stereocenters. The molecular weight excluding hydrogens is 238 g/mol. The molecule has 0 radical (unpaired) electrons. The van der Waals surface area contributed by atoms with Crippen molar-refractivity contribution in [3.8, 4) is 5.75 Å². The molecule has 0 saturated carbocycles. The van der Waals surface area contributed by atoms with Crippen LogP contribution in [0.15, 0.2) is 18.2 Å². The van der Waals surface area contributed by atoms with Gasteiger partial charge in [0.15, 0.2) is 5.78 Å². The van der Waals surface area contributed by atoms with E-state index in [0.29, 0.717) is 16.3 Å². The third kappa shape index (κ3) is 2.99. The lowest BCUT2D eigenvalue weighted by Crippen LogP contribution is -2.40. The Hall–Kier alpha value is -1.06. The highest BCUT2D eigenvalue weighted by Gasteiger charge is 2.22. The number of methoxy groups -OCH3 is 1. The standard InChI is InChI=1S/C13H16ClNO2/c1-17-11-7-9(6-10(14)8-11)13(16)12-4-2-3-5-15-12/h6-8,12,15H,2-5H2,1H3/t12-/m1/s1. The van der Waals surface area contributed by atoms with Crippen LogP contribution in [0.25, 0.3) is 0 Å². The molecule has 17 heavy (non-hydrogen) atoms. The first-order chi connectivity index (χ1) is 8.20. The van der Waals surface area contributed by atoms with Gasteiger partial charge in [-0.3, -0.25) is 4.79 Å². The van der Waals surface area contributed by atoms with Crippen molar-refractivity contribution in [3.05, 3.63) is 28.8 Å². The van der Waals surface area contributed by atoms with Gasteiger partial charge in [-0.1, -0.05) is 18.0 Å². The predicted octanol–water partition coefficient (Wildman–Crippen LogP) is 2.67. The number of halogens is 1. The molecule has 1 aromatic carbocycles. The van der Waals surface area contributed by atoms with Gasteiger partial charge in [-0.25, -0.2) is 0 Å². The van der Waals surface area contributed by atoms with Crippen molar-refractivity contribution in [2.45, 2.75) is 25.3 Å². The van der Waals surface area contributed by atoms with Gasteiger partial charge in [0.2, 0.25) is 0 Å². The second-order valence-corrected chi connectivity index (χ2v) is 4.68. The molecule has 1 atom stereocenters. The van der Waals surface area contributed by atoms with Crippen molar-refractivity contribution in [2.75, 3.05) is 13.7 Å². The summed E-state index contributed by atoms with van der Waals surface area (Å²) in [6.07, 6.45) is 3.14. The van der Waals surface area contributed by atoms with Crippen molar-refractivity contribution in [3.63, 3.8) is 0 Å². The van der Waals surface area contributed by atoms with Gasteiger partial charge in [0.25, 0.3) is 0 Å². The summed E-state index contributed by atoms with van der Waals surface area (Å²) in [5.74, 6) is 0.724. The van der Waals surface area contributed by atoms with Gasteiger partial charge in [-0.2, -0.15) is 0 Å². The second-order valence-electron chi connectivity index (χ2n) is 4.25. The Kier molecular flexibility index (Phi) is 4.02. The maximum Gasteiger partial charge on any atom is 0.179 e. The zero-order chi connectivity index (χ0) is 12.3. The molecular formula is C13H16ClNO2. The van der Waals surface area contributed by atoms with E-state index in [-0.39, 0.29) is 11.8 Å². The minimum Gasteiger partial charge on any atom is -0.497 e. The molecule has 4 heteroatoms. The quantitative estimate of drug-likeness (QED) is 0.842. The molecule has 92 valence electrons. The predicted molar refractivity (Wildman–Crippen MR) is 68.0 cm³/mol. The summed E-state index contributed by atoms with van der Waals surface area (Å²) >= 11 is 5.96. The zero-order valence-electron chi connectivity index (χ0n) is 9.83. The Morgan fingerprint density at radius 1 is 1.41 bits per heavy atom. The fourth-order valence-corrected chi connectivity index (χ4v) is 2.32. The van der Waals surface area contributed by atoms with Gasteiger partial charge < -0.3 is 10.1 Å². The van der Waals surface area contributed by atoms with Crippen LogP contribution in [0.1, 0.15) is 29.6 Å². The molecule has 1 heterocycles. The number of hydrogen-bond acceptors (Lipinski definition) is 3. The molecule has 1 saturated heterocycles. The molecule has 1 aliphatic heterocycles. The fourth-order valence-electron chi connectivity index (χ4n) is 2.10. The first-order valence-corrected chi connectivity index (χ1v) is 6.20. The van der Waals surface area contributed by atoms with Crippen molar-refractivity contribution in [2.24, 2.45) is 0 Å². The fraction of sp³-hybridized carbons (Fsp3) is 0.462. The van der Waals surface area contributed by atoms with Gasteiger partial charge in [-0.15, -0.1) is 0 Å². The van der Waals surface area contributed by atoms with E-state index in [1.54, 1.807) is 25.3 Å². The Bertz CT molecular complexity index is 414.